The highest BCUT2D eigenvalue weighted by Crippen LogP contribution is 2.42. The van der Waals surface area contributed by atoms with Crippen molar-refractivity contribution in [3.8, 4) is 0 Å². The molecule has 1 aromatic heterocycles. The monoisotopic (exact) mass is 200 g/mol. The second kappa shape index (κ2) is 2.36. The van der Waals surface area contributed by atoms with Gasteiger partial charge in [0.25, 0.3) is 0 Å². The summed E-state index contributed by atoms with van der Waals surface area (Å²) in [5, 5.41) is 0. The summed E-state index contributed by atoms with van der Waals surface area (Å²) in [5.41, 5.74) is 6.23. The van der Waals surface area contributed by atoms with Gasteiger partial charge < -0.3 is 5.73 Å². The zero-order chi connectivity index (χ0) is 9.69. The van der Waals surface area contributed by atoms with Crippen LogP contribution in [0.2, 0.25) is 0 Å². The molecule has 1 aromatic rings. The number of rotatable bonds is 2. The lowest BCUT2D eigenvalue weighted by molar-refractivity contribution is 0.584. The first kappa shape index (κ1) is 8.77. The Balaban J connectivity index is 2.55. The molecule has 1 aliphatic carbocycles. The van der Waals surface area contributed by atoms with E-state index < -0.39 is 15.6 Å². The minimum Gasteiger partial charge on any atom is -0.320 e. The maximum absolute atomic E-state index is 11.3. The van der Waals surface area contributed by atoms with Gasteiger partial charge in [-0.1, -0.05) is 0 Å². The van der Waals surface area contributed by atoms with Crippen LogP contribution in [0.25, 0.3) is 0 Å². The lowest BCUT2D eigenvalue weighted by Crippen LogP contribution is -2.25. The second-order valence-electron chi connectivity index (χ2n) is 3.61. The minimum absolute atomic E-state index is 0.396. The SMILES string of the molecule is CS(=O)(=O)n1cccc1C1(N)CC1. The third kappa shape index (κ3) is 1.38. The van der Waals surface area contributed by atoms with Crippen LogP contribution in [0.5, 0.6) is 0 Å². The molecule has 2 rings (SSSR count). The minimum atomic E-state index is -3.20. The van der Waals surface area contributed by atoms with Crippen LogP contribution >= 0.6 is 0 Å². The molecule has 0 unspecified atom stereocenters. The van der Waals surface area contributed by atoms with E-state index in [0.29, 0.717) is 5.69 Å². The van der Waals surface area contributed by atoms with E-state index in [9.17, 15) is 8.42 Å². The molecule has 1 aliphatic rings. The predicted octanol–water partition coefficient (Wildman–Crippen LogP) is 0.244. The normalized spacial score (nSPS) is 20.2. The smallest absolute Gasteiger partial charge is 0.235 e. The summed E-state index contributed by atoms with van der Waals surface area (Å²) in [6.45, 7) is 0. The topological polar surface area (TPSA) is 65.1 Å². The number of hydrogen-bond acceptors (Lipinski definition) is 3. The maximum Gasteiger partial charge on any atom is 0.235 e. The average Bonchev–Trinajstić information content (AvgIpc) is 2.60. The van der Waals surface area contributed by atoms with Gasteiger partial charge in [-0.25, -0.2) is 12.4 Å². The van der Waals surface area contributed by atoms with Gasteiger partial charge in [0, 0.05) is 6.20 Å². The van der Waals surface area contributed by atoms with Crippen LogP contribution in [-0.2, 0) is 15.6 Å². The fourth-order valence-electron chi connectivity index (χ4n) is 1.43. The van der Waals surface area contributed by atoms with Gasteiger partial charge in [-0.15, -0.1) is 0 Å². The van der Waals surface area contributed by atoms with Crippen LogP contribution in [0.15, 0.2) is 18.3 Å². The Morgan fingerprint density at radius 2 is 2.15 bits per heavy atom. The lowest BCUT2D eigenvalue weighted by atomic mass is 10.2. The van der Waals surface area contributed by atoms with Crippen molar-refractivity contribution in [1.29, 1.82) is 0 Å². The Kier molecular flexibility index (Phi) is 1.59. The van der Waals surface area contributed by atoms with Crippen molar-refractivity contribution < 1.29 is 8.42 Å². The molecule has 0 atom stereocenters. The molecule has 0 aliphatic heterocycles. The van der Waals surface area contributed by atoms with E-state index in [1.165, 1.54) is 16.4 Å². The maximum atomic E-state index is 11.3. The number of nitrogens with two attached hydrogens (primary N) is 1. The first-order chi connectivity index (χ1) is 5.93. The summed E-state index contributed by atoms with van der Waals surface area (Å²) in [6.07, 6.45) is 4.46. The molecule has 0 aromatic carbocycles. The van der Waals surface area contributed by atoms with E-state index in [1.54, 1.807) is 12.1 Å². The van der Waals surface area contributed by atoms with Crippen molar-refractivity contribution >= 4 is 10.0 Å². The predicted molar refractivity (Wildman–Crippen MR) is 49.8 cm³/mol. The molecule has 0 bridgehead atoms. The second-order valence-corrected chi connectivity index (χ2v) is 5.47. The van der Waals surface area contributed by atoms with Gasteiger partial charge in [0.2, 0.25) is 10.0 Å². The van der Waals surface area contributed by atoms with Crippen molar-refractivity contribution in [3.05, 3.63) is 24.0 Å². The summed E-state index contributed by atoms with van der Waals surface area (Å²) >= 11 is 0. The van der Waals surface area contributed by atoms with Crippen LogP contribution in [0.4, 0.5) is 0 Å². The Labute approximate surface area is 77.4 Å². The van der Waals surface area contributed by atoms with E-state index in [-0.39, 0.29) is 0 Å². The number of hydrogen-bond donors (Lipinski definition) is 1. The molecule has 1 heterocycles. The van der Waals surface area contributed by atoms with E-state index in [2.05, 4.69) is 0 Å². The highest BCUT2D eigenvalue weighted by atomic mass is 32.2. The lowest BCUT2D eigenvalue weighted by Gasteiger charge is -2.11. The van der Waals surface area contributed by atoms with Crippen LogP contribution in [0, 0.1) is 0 Å². The molecule has 1 saturated carbocycles. The van der Waals surface area contributed by atoms with Gasteiger partial charge in [-0.05, 0) is 25.0 Å². The summed E-state index contributed by atoms with van der Waals surface area (Å²) in [5.74, 6) is 0. The molecular formula is C8H12N2O2S. The summed E-state index contributed by atoms with van der Waals surface area (Å²) in [6, 6.07) is 3.48. The van der Waals surface area contributed by atoms with Crippen LogP contribution in [0.3, 0.4) is 0 Å². The van der Waals surface area contributed by atoms with E-state index in [4.69, 9.17) is 5.73 Å². The Morgan fingerprint density at radius 3 is 2.62 bits per heavy atom. The third-order valence-corrected chi connectivity index (χ3v) is 3.40. The molecule has 0 spiro atoms. The van der Waals surface area contributed by atoms with Crippen molar-refractivity contribution in [2.75, 3.05) is 6.26 Å². The van der Waals surface area contributed by atoms with Crippen LogP contribution in [0.1, 0.15) is 18.5 Å². The van der Waals surface area contributed by atoms with Gasteiger partial charge in [-0.3, -0.25) is 0 Å². The molecule has 0 amide bonds. The van der Waals surface area contributed by atoms with Gasteiger partial charge in [0.05, 0.1) is 17.5 Å². The molecule has 4 nitrogen and oxygen atoms in total. The standard InChI is InChI=1S/C8H12N2O2S/c1-13(11,12)10-6-2-3-7(10)8(9)4-5-8/h2-3,6H,4-5,9H2,1H3. The van der Waals surface area contributed by atoms with E-state index >= 15 is 0 Å². The molecule has 0 saturated heterocycles. The first-order valence-electron chi connectivity index (χ1n) is 4.11. The third-order valence-electron chi connectivity index (χ3n) is 2.37. The number of nitrogens with zero attached hydrogens (tertiary/aromatic N) is 1. The average molecular weight is 200 g/mol. The number of aromatic nitrogens is 1. The zero-order valence-corrected chi connectivity index (χ0v) is 8.21. The molecule has 0 radical (unpaired) electrons. The molecular weight excluding hydrogens is 188 g/mol. The Morgan fingerprint density at radius 1 is 1.54 bits per heavy atom. The fourth-order valence-corrected chi connectivity index (χ4v) is 2.32. The van der Waals surface area contributed by atoms with Gasteiger partial charge in [0.1, 0.15) is 0 Å². The Bertz CT molecular complexity index is 429. The quantitative estimate of drug-likeness (QED) is 0.744. The van der Waals surface area contributed by atoms with Gasteiger partial charge in [0.15, 0.2) is 0 Å². The molecule has 2 N–H and O–H groups in total. The van der Waals surface area contributed by atoms with Gasteiger partial charge >= 0.3 is 0 Å². The summed E-state index contributed by atoms with van der Waals surface area (Å²) < 4.78 is 23.9. The van der Waals surface area contributed by atoms with Gasteiger partial charge in [-0.2, -0.15) is 0 Å². The highest BCUT2D eigenvalue weighted by Gasteiger charge is 2.43. The van der Waals surface area contributed by atoms with E-state index in [0.717, 1.165) is 12.8 Å². The van der Waals surface area contributed by atoms with Crippen molar-refractivity contribution in [2.24, 2.45) is 5.73 Å². The largest absolute Gasteiger partial charge is 0.320 e. The van der Waals surface area contributed by atoms with Crippen molar-refractivity contribution in [1.82, 2.24) is 3.97 Å². The summed E-state index contributed by atoms with van der Waals surface area (Å²) in [4.78, 5) is 0. The molecule has 72 valence electrons. The van der Waals surface area contributed by atoms with Crippen molar-refractivity contribution in [2.45, 2.75) is 18.4 Å². The molecule has 1 fully saturated rings. The van der Waals surface area contributed by atoms with Crippen LogP contribution in [-0.4, -0.2) is 18.6 Å². The Hall–Kier alpha value is -0.810. The summed E-state index contributed by atoms with van der Waals surface area (Å²) in [7, 11) is -3.20. The van der Waals surface area contributed by atoms with Crippen molar-refractivity contribution in [3.63, 3.8) is 0 Å². The zero-order valence-electron chi connectivity index (χ0n) is 7.40. The molecule has 5 heteroatoms. The van der Waals surface area contributed by atoms with E-state index in [1.807, 2.05) is 0 Å². The first-order valence-corrected chi connectivity index (χ1v) is 5.96. The van der Waals surface area contributed by atoms with Crippen LogP contribution < -0.4 is 5.73 Å². The molecule has 13 heavy (non-hydrogen) atoms. The highest BCUT2D eigenvalue weighted by molar-refractivity contribution is 7.89. The fraction of sp³-hybridized carbons (Fsp3) is 0.500.